The Morgan fingerprint density at radius 3 is 2.17 bits per heavy atom. The molecule has 1 aliphatic heterocycles. The number of amides is 3. The lowest BCUT2D eigenvalue weighted by Gasteiger charge is -2.42. The van der Waals surface area contributed by atoms with Gasteiger partial charge in [-0.25, -0.2) is 0 Å². The number of rotatable bonds is 10. The lowest BCUT2D eigenvalue weighted by Crippen LogP contribution is -2.55. The number of ketones is 1. The summed E-state index contributed by atoms with van der Waals surface area (Å²) in [7, 11) is 1.56. The van der Waals surface area contributed by atoms with Gasteiger partial charge in [0, 0.05) is 54.5 Å². The van der Waals surface area contributed by atoms with Gasteiger partial charge in [-0.1, -0.05) is 38.5 Å². The highest BCUT2D eigenvalue weighted by Gasteiger charge is 2.36. The summed E-state index contributed by atoms with van der Waals surface area (Å²) >= 11 is 0. The number of Topliss-reactive ketones (excluding diaryl/α,β-unsaturated/α-hetero) is 1. The predicted octanol–water partition coefficient (Wildman–Crippen LogP) is 3.98. The molecule has 3 aliphatic rings. The number of H-pyrrole nitrogens is 1. The Kier molecular flexibility index (Phi) is 10.2. The van der Waals surface area contributed by atoms with Crippen LogP contribution in [0.1, 0.15) is 87.4 Å². The Bertz CT molecular complexity index is 1240. The van der Waals surface area contributed by atoms with E-state index in [1.165, 1.54) is 19.0 Å². The number of carbonyl (C=O) groups excluding carboxylic acids is 4. The molecule has 228 valence electrons. The first-order valence-corrected chi connectivity index (χ1v) is 15.6. The van der Waals surface area contributed by atoms with Crippen LogP contribution in [0.2, 0.25) is 0 Å². The van der Waals surface area contributed by atoms with E-state index in [1.807, 2.05) is 4.90 Å². The van der Waals surface area contributed by atoms with Crippen molar-refractivity contribution in [1.29, 1.82) is 0 Å². The summed E-state index contributed by atoms with van der Waals surface area (Å²) in [5, 5.41) is 3.56. The molecule has 2 saturated carbocycles. The molecule has 3 fully saturated rings. The minimum atomic E-state index is -0.852. The molecule has 2 aromatic rings. The van der Waals surface area contributed by atoms with Crippen LogP contribution in [-0.4, -0.2) is 89.8 Å². The number of carbonyl (C=O) groups is 4. The Morgan fingerprint density at radius 2 is 1.55 bits per heavy atom. The number of nitrogens with one attached hydrogen (secondary N) is 2. The van der Waals surface area contributed by atoms with Gasteiger partial charge in [0.25, 0.3) is 11.7 Å². The molecule has 42 heavy (non-hydrogen) atoms. The molecule has 0 atom stereocenters. The van der Waals surface area contributed by atoms with Gasteiger partial charge in [-0.15, -0.1) is 0 Å². The summed E-state index contributed by atoms with van der Waals surface area (Å²) in [6, 6.07) is 5.44. The van der Waals surface area contributed by atoms with Crippen LogP contribution < -0.4 is 10.1 Å². The van der Waals surface area contributed by atoms with Crippen molar-refractivity contribution in [1.82, 2.24) is 20.1 Å². The highest BCUT2D eigenvalue weighted by molar-refractivity contribution is 6.45. The van der Waals surface area contributed by atoms with Crippen molar-refractivity contribution in [3.8, 4) is 5.75 Å². The van der Waals surface area contributed by atoms with E-state index in [2.05, 4.69) is 10.3 Å². The first kappa shape index (κ1) is 30.1. The van der Waals surface area contributed by atoms with Gasteiger partial charge in [0.05, 0.1) is 12.7 Å². The highest BCUT2D eigenvalue weighted by atomic mass is 16.5. The molecular weight excluding hydrogens is 536 g/mol. The van der Waals surface area contributed by atoms with E-state index in [-0.39, 0.29) is 48.6 Å². The van der Waals surface area contributed by atoms with E-state index in [9.17, 15) is 19.2 Å². The molecule has 2 aliphatic carbocycles. The number of aromatic amines is 1. The smallest absolute Gasteiger partial charge is 0.295 e. The van der Waals surface area contributed by atoms with Crippen LogP contribution in [0.5, 0.6) is 5.75 Å². The maximum atomic E-state index is 14.1. The predicted molar refractivity (Wildman–Crippen MR) is 158 cm³/mol. The van der Waals surface area contributed by atoms with Crippen molar-refractivity contribution in [2.24, 2.45) is 0 Å². The minimum absolute atomic E-state index is 0.0563. The average molecular weight is 581 g/mol. The Hall–Kier alpha value is -3.40. The minimum Gasteiger partial charge on any atom is -0.497 e. The lowest BCUT2D eigenvalue weighted by molar-refractivity contribution is -0.144. The lowest BCUT2D eigenvalue weighted by atomic mass is 9.88. The molecule has 1 aromatic heterocycles. The summed E-state index contributed by atoms with van der Waals surface area (Å²) in [4.78, 5) is 60.9. The van der Waals surface area contributed by atoms with Crippen LogP contribution >= 0.6 is 0 Å². The van der Waals surface area contributed by atoms with Crippen LogP contribution in [0, 0.1) is 0 Å². The van der Waals surface area contributed by atoms with Gasteiger partial charge in [0.2, 0.25) is 11.8 Å². The van der Waals surface area contributed by atoms with E-state index in [1.54, 1.807) is 25.3 Å². The van der Waals surface area contributed by atoms with Crippen LogP contribution in [-0.2, 0) is 19.1 Å². The third kappa shape index (κ3) is 7.14. The SMILES string of the molecule is COc1ccc2c(C(=O)C(=O)N(CC(=O)NC3CCOCC3)CC(=O)N(C3CCCCC3)C3CCCCC3)c[nH]c2c1. The standard InChI is InChI=1S/C32H44N4O6/c1-41-25-12-13-26-27(19-33-28(26)18-25)31(39)32(40)35(20-29(37)34-22-14-16-42-17-15-22)21-30(38)36(23-8-4-2-5-9-23)24-10-6-3-7-11-24/h12-13,18-19,22-24,33H,2-11,14-17,20-21H2,1H3,(H,34,37). The van der Waals surface area contributed by atoms with Gasteiger partial charge in [-0.05, 0) is 50.7 Å². The van der Waals surface area contributed by atoms with Gasteiger partial charge in [0.15, 0.2) is 0 Å². The maximum Gasteiger partial charge on any atom is 0.295 e. The zero-order chi connectivity index (χ0) is 29.5. The van der Waals surface area contributed by atoms with Crippen molar-refractivity contribution >= 4 is 34.4 Å². The number of hydrogen-bond acceptors (Lipinski definition) is 6. The van der Waals surface area contributed by atoms with Crippen LogP contribution in [0.3, 0.4) is 0 Å². The molecule has 1 aromatic carbocycles. The summed E-state index contributed by atoms with van der Waals surface area (Å²) < 4.78 is 10.7. The number of ether oxygens (including phenoxy) is 2. The zero-order valence-electron chi connectivity index (χ0n) is 24.7. The van der Waals surface area contributed by atoms with E-state index in [0.717, 1.165) is 56.3 Å². The quantitative estimate of drug-likeness (QED) is 0.324. The zero-order valence-corrected chi connectivity index (χ0v) is 24.7. The third-order valence-corrected chi connectivity index (χ3v) is 9.09. The molecule has 2 N–H and O–H groups in total. The monoisotopic (exact) mass is 580 g/mol. The Balaban J connectivity index is 1.38. The topological polar surface area (TPSA) is 121 Å². The Morgan fingerprint density at radius 1 is 0.905 bits per heavy atom. The summed E-state index contributed by atoms with van der Waals surface area (Å²) in [5.74, 6) is -1.52. The first-order valence-electron chi connectivity index (χ1n) is 15.6. The number of fused-ring (bicyclic) bond motifs is 1. The molecule has 0 radical (unpaired) electrons. The summed E-state index contributed by atoms with van der Waals surface area (Å²) in [5.41, 5.74) is 0.863. The maximum absolute atomic E-state index is 14.1. The second kappa shape index (κ2) is 14.2. The molecule has 5 rings (SSSR count). The van der Waals surface area contributed by atoms with Crippen molar-refractivity contribution in [2.75, 3.05) is 33.4 Å². The number of aromatic nitrogens is 1. The molecule has 0 spiro atoms. The second-order valence-electron chi connectivity index (χ2n) is 11.9. The Labute approximate surface area is 247 Å². The molecule has 1 saturated heterocycles. The second-order valence-corrected chi connectivity index (χ2v) is 11.9. The largest absolute Gasteiger partial charge is 0.497 e. The molecule has 2 heterocycles. The van der Waals surface area contributed by atoms with Crippen LogP contribution in [0.4, 0.5) is 0 Å². The number of methoxy groups -OCH3 is 1. The molecule has 10 heteroatoms. The number of hydrogen-bond donors (Lipinski definition) is 2. The van der Waals surface area contributed by atoms with E-state index in [4.69, 9.17) is 9.47 Å². The van der Waals surface area contributed by atoms with Crippen LogP contribution in [0.25, 0.3) is 10.9 Å². The highest BCUT2D eigenvalue weighted by Crippen LogP contribution is 2.31. The molecule has 10 nitrogen and oxygen atoms in total. The van der Waals surface area contributed by atoms with Crippen molar-refractivity contribution < 1.29 is 28.7 Å². The fourth-order valence-corrected chi connectivity index (χ4v) is 6.84. The molecule has 0 unspecified atom stereocenters. The third-order valence-electron chi connectivity index (χ3n) is 9.09. The molecule has 0 bridgehead atoms. The number of nitrogens with zero attached hydrogens (tertiary/aromatic N) is 2. The van der Waals surface area contributed by atoms with Gasteiger partial charge < -0.3 is 29.6 Å². The van der Waals surface area contributed by atoms with E-state index < -0.39 is 11.7 Å². The van der Waals surface area contributed by atoms with E-state index in [0.29, 0.717) is 42.7 Å². The molecule has 3 amide bonds. The average Bonchev–Trinajstić information content (AvgIpc) is 3.45. The first-order chi connectivity index (χ1) is 20.4. The van der Waals surface area contributed by atoms with Gasteiger partial charge in [-0.2, -0.15) is 0 Å². The van der Waals surface area contributed by atoms with Crippen molar-refractivity contribution in [3.63, 3.8) is 0 Å². The summed E-state index contributed by atoms with van der Waals surface area (Å²) in [6.07, 6.45) is 13.4. The fraction of sp³-hybridized carbons (Fsp3) is 0.625. The van der Waals surface area contributed by atoms with E-state index >= 15 is 0 Å². The molecular formula is C32H44N4O6. The summed E-state index contributed by atoms with van der Waals surface area (Å²) in [6.45, 7) is 0.475. The van der Waals surface area contributed by atoms with Crippen LogP contribution in [0.15, 0.2) is 24.4 Å². The van der Waals surface area contributed by atoms with Gasteiger partial charge in [0.1, 0.15) is 18.8 Å². The van der Waals surface area contributed by atoms with Gasteiger partial charge in [-0.3, -0.25) is 19.2 Å². The van der Waals surface area contributed by atoms with Crippen molar-refractivity contribution in [3.05, 3.63) is 30.0 Å². The van der Waals surface area contributed by atoms with Gasteiger partial charge >= 0.3 is 0 Å². The fourth-order valence-electron chi connectivity index (χ4n) is 6.84. The van der Waals surface area contributed by atoms with Crippen molar-refractivity contribution in [2.45, 2.75) is 95.2 Å². The normalized spacial score (nSPS) is 18.9. The number of benzene rings is 1.